The highest BCUT2D eigenvalue weighted by atomic mass is 79.9. The Balaban J connectivity index is 2.11. The van der Waals surface area contributed by atoms with Crippen LogP contribution < -0.4 is 10.1 Å². The quantitative estimate of drug-likeness (QED) is 0.538. The number of carbonyl (C=O) groups is 3. The van der Waals surface area contributed by atoms with Crippen LogP contribution in [0.2, 0.25) is 0 Å². The van der Waals surface area contributed by atoms with E-state index < -0.39 is 17.8 Å². The fourth-order valence-corrected chi connectivity index (χ4v) is 4.40. The van der Waals surface area contributed by atoms with E-state index in [9.17, 15) is 19.5 Å². The number of ketones is 1. The molecule has 3 rings (SSSR count). The number of phenolic OH excluding ortho intramolecular Hbond substituents is 1. The Kier molecular flexibility index (Phi) is 5.79. The first-order valence-corrected chi connectivity index (χ1v) is 9.87. The lowest BCUT2D eigenvalue weighted by atomic mass is 9.70. The molecular formula is C20H22BrNO6. The second-order valence-electron chi connectivity index (χ2n) is 7.03. The van der Waals surface area contributed by atoms with Crippen molar-refractivity contribution >= 4 is 33.6 Å². The van der Waals surface area contributed by atoms with Crippen molar-refractivity contribution in [2.24, 2.45) is 11.8 Å². The smallest absolute Gasteiger partial charge is 0.316 e. The van der Waals surface area contributed by atoms with Gasteiger partial charge in [-0.2, -0.15) is 0 Å². The second-order valence-corrected chi connectivity index (χ2v) is 7.88. The number of allylic oxidation sites excluding steroid dienone is 2. The van der Waals surface area contributed by atoms with Crippen molar-refractivity contribution in [3.63, 3.8) is 0 Å². The highest BCUT2D eigenvalue weighted by Crippen LogP contribution is 2.45. The average molecular weight is 452 g/mol. The normalized spacial score (nSPS) is 24.5. The minimum absolute atomic E-state index is 0.0453. The van der Waals surface area contributed by atoms with E-state index in [0.29, 0.717) is 34.3 Å². The zero-order chi connectivity index (χ0) is 20.6. The number of esters is 1. The number of halogens is 1. The van der Waals surface area contributed by atoms with Crippen LogP contribution in [0.25, 0.3) is 0 Å². The number of rotatable bonds is 4. The van der Waals surface area contributed by atoms with Gasteiger partial charge in [0.25, 0.3) is 0 Å². The largest absolute Gasteiger partial charge is 0.503 e. The van der Waals surface area contributed by atoms with Crippen LogP contribution in [0.4, 0.5) is 0 Å². The van der Waals surface area contributed by atoms with Crippen molar-refractivity contribution in [3.05, 3.63) is 33.4 Å². The molecule has 150 valence electrons. The van der Waals surface area contributed by atoms with E-state index in [1.54, 1.807) is 26.0 Å². The van der Waals surface area contributed by atoms with Crippen LogP contribution in [0.3, 0.4) is 0 Å². The summed E-state index contributed by atoms with van der Waals surface area (Å²) in [6.07, 6.45) is 0.469. The van der Waals surface area contributed by atoms with Crippen LogP contribution in [0.15, 0.2) is 27.9 Å². The maximum atomic E-state index is 13.2. The minimum Gasteiger partial charge on any atom is -0.503 e. The molecule has 0 bridgehead atoms. The fourth-order valence-electron chi connectivity index (χ4n) is 3.94. The van der Waals surface area contributed by atoms with Gasteiger partial charge in [-0.05, 0) is 52.9 Å². The lowest BCUT2D eigenvalue weighted by Gasteiger charge is -2.36. The summed E-state index contributed by atoms with van der Waals surface area (Å²) in [6.45, 7) is 3.94. The summed E-state index contributed by atoms with van der Waals surface area (Å²) in [6, 6.07) is 3.31. The number of benzene rings is 1. The summed E-state index contributed by atoms with van der Waals surface area (Å²) >= 11 is 3.30. The Morgan fingerprint density at radius 3 is 2.68 bits per heavy atom. The van der Waals surface area contributed by atoms with Gasteiger partial charge in [0.05, 0.1) is 18.2 Å². The van der Waals surface area contributed by atoms with Crippen molar-refractivity contribution in [1.29, 1.82) is 0 Å². The Morgan fingerprint density at radius 1 is 1.32 bits per heavy atom. The number of nitrogens with one attached hydrogen (secondary N) is 1. The first-order valence-electron chi connectivity index (χ1n) is 9.08. The molecule has 0 aromatic heterocycles. The van der Waals surface area contributed by atoms with Crippen LogP contribution in [0, 0.1) is 11.8 Å². The third-order valence-electron chi connectivity index (χ3n) is 5.20. The molecule has 1 aromatic carbocycles. The van der Waals surface area contributed by atoms with Crippen LogP contribution in [0.5, 0.6) is 11.5 Å². The maximum absolute atomic E-state index is 13.2. The van der Waals surface area contributed by atoms with Crippen LogP contribution in [-0.2, 0) is 19.1 Å². The number of amides is 1. The zero-order valence-electron chi connectivity index (χ0n) is 15.9. The van der Waals surface area contributed by atoms with Crippen molar-refractivity contribution in [3.8, 4) is 11.5 Å². The highest BCUT2D eigenvalue weighted by molar-refractivity contribution is 9.10. The predicted octanol–water partition coefficient (Wildman–Crippen LogP) is 2.81. The number of hydrogen-bond donors (Lipinski definition) is 2. The van der Waals surface area contributed by atoms with E-state index in [-0.39, 0.29) is 35.5 Å². The molecule has 0 saturated carbocycles. The van der Waals surface area contributed by atoms with Crippen LogP contribution >= 0.6 is 15.9 Å². The van der Waals surface area contributed by atoms with Crippen LogP contribution in [0.1, 0.15) is 38.2 Å². The summed E-state index contributed by atoms with van der Waals surface area (Å²) in [4.78, 5) is 37.7. The fraction of sp³-hybridized carbons (Fsp3) is 0.450. The summed E-state index contributed by atoms with van der Waals surface area (Å²) in [5.74, 6) is -2.57. The van der Waals surface area contributed by atoms with Gasteiger partial charge < -0.3 is 19.9 Å². The Morgan fingerprint density at radius 2 is 2.04 bits per heavy atom. The van der Waals surface area contributed by atoms with Gasteiger partial charge in [0.15, 0.2) is 17.3 Å². The molecule has 28 heavy (non-hydrogen) atoms. The van der Waals surface area contributed by atoms with Crippen molar-refractivity contribution < 1.29 is 29.0 Å². The number of carbonyl (C=O) groups excluding carboxylic acids is 3. The molecule has 1 amide bonds. The third-order valence-corrected chi connectivity index (χ3v) is 5.81. The molecule has 1 aliphatic carbocycles. The number of methoxy groups -OCH3 is 1. The molecule has 0 unspecified atom stereocenters. The van der Waals surface area contributed by atoms with E-state index in [1.807, 2.05) is 0 Å². The summed E-state index contributed by atoms with van der Waals surface area (Å²) in [7, 11) is 1.26. The predicted molar refractivity (Wildman–Crippen MR) is 104 cm³/mol. The van der Waals surface area contributed by atoms with Gasteiger partial charge in [0.1, 0.15) is 5.92 Å². The number of ether oxygens (including phenoxy) is 2. The Labute approximate surface area is 171 Å². The molecular weight excluding hydrogens is 430 g/mol. The first-order chi connectivity index (χ1) is 13.3. The highest BCUT2D eigenvalue weighted by Gasteiger charge is 2.45. The van der Waals surface area contributed by atoms with Crippen LogP contribution in [-0.4, -0.2) is 36.5 Å². The molecule has 0 radical (unpaired) electrons. The molecule has 2 aliphatic rings. The maximum Gasteiger partial charge on any atom is 0.316 e. The Bertz CT molecular complexity index is 878. The molecule has 1 aliphatic heterocycles. The third kappa shape index (κ3) is 3.53. The van der Waals surface area contributed by atoms with E-state index >= 15 is 0 Å². The molecule has 7 nitrogen and oxygen atoms in total. The summed E-state index contributed by atoms with van der Waals surface area (Å²) in [5, 5.41) is 13.0. The number of aromatic hydroxyl groups is 1. The van der Waals surface area contributed by atoms with Gasteiger partial charge in [-0.3, -0.25) is 14.4 Å². The number of phenols is 1. The Hall–Kier alpha value is -2.35. The van der Waals surface area contributed by atoms with Gasteiger partial charge in [-0.25, -0.2) is 0 Å². The van der Waals surface area contributed by atoms with E-state index in [1.165, 1.54) is 7.11 Å². The number of Topliss-reactive ketones (excluding diaryl/α,β-unsaturated/α-hetero) is 1. The molecule has 0 fully saturated rings. The molecule has 3 atom stereocenters. The van der Waals surface area contributed by atoms with Crippen molar-refractivity contribution in [1.82, 2.24) is 5.32 Å². The molecule has 1 heterocycles. The summed E-state index contributed by atoms with van der Waals surface area (Å²) in [5.41, 5.74) is 1.64. The van der Waals surface area contributed by atoms with Crippen molar-refractivity contribution in [2.75, 3.05) is 13.7 Å². The van der Waals surface area contributed by atoms with E-state index in [4.69, 9.17) is 9.47 Å². The SMILES string of the molecule is CCOc1cc([C@@H]2CC(=O)NC3=C2C(=O)[C@H](C(=O)OC)[C@@H](C)C3)cc(Br)c1O. The van der Waals surface area contributed by atoms with Gasteiger partial charge >= 0.3 is 5.97 Å². The van der Waals surface area contributed by atoms with Gasteiger partial charge in [-0.15, -0.1) is 0 Å². The molecule has 1 aromatic rings. The summed E-state index contributed by atoms with van der Waals surface area (Å²) < 4.78 is 10.7. The van der Waals surface area contributed by atoms with Gasteiger partial charge in [0.2, 0.25) is 5.91 Å². The van der Waals surface area contributed by atoms with Gasteiger partial charge in [-0.1, -0.05) is 6.92 Å². The van der Waals surface area contributed by atoms with E-state index in [2.05, 4.69) is 21.2 Å². The molecule has 2 N–H and O–H groups in total. The van der Waals surface area contributed by atoms with Crippen molar-refractivity contribution in [2.45, 2.75) is 32.6 Å². The van der Waals surface area contributed by atoms with Gasteiger partial charge in [0, 0.05) is 23.6 Å². The first kappa shape index (κ1) is 20.4. The molecule has 0 spiro atoms. The topological polar surface area (TPSA) is 102 Å². The molecule has 0 saturated heterocycles. The zero-order valence-corrected chi connectivity index (χ0v) is 17.5. The lowest BCUT2D eigenvalue weighted by molar-refractivity contribution is -0.151. The monoisotopic (exact) mass is 451 g/mol. The number of hydrogen-bond acceptors (Lipinski definition) is 6. The molecule has 8 heteroatoms. The standard InChI is InChI=1S/C20H22BrNO6/c1-4-28-14-7-10(6-12(21)18(14)24)11-8-15(23)22-13-5-9(2)16(20(26)27-3)19(25)17(11)13/h6-7,9,11,16,24H,4-5,8H2,1-3H3,(H,22,23)/t9-,11-,16+/m0/s1. The average Bonchev–Trinajstić information content (AvgIpc) is 2.64. The second kappa shape index (κ2) is 7.95. The lowest BCUT2D eigenvalue weighted by Crippen LogP contribution is -2.44. The minimum atomic E-state index is -0.895. The van der Waals surface area contributed by atoms with E-state index in [0.717, 1.165) is 0 Å².